The lowest BCUT2D eigenvalue weighted by Crippen LogP contribution is -2.31. The Labute approximate surface area is 175 Å². The summed E-state index contributed by atoms with van der Waals surface area (Å²) in [6.07, 6.45) is 1.03. The highest BCUT2D eigenvalue weighted by Crippen LogP contribution is 2.38. The Bertz CT molecular complexity index is 1200. The summed E-state index contributed by atoms with van der Waals surface area (Å²) < 4.78 is 55.0. The molecule has 2 heterocycles. The van der Waals surface area contributed by atoms with Gasteiger partial charge in [-0.1, -0.05) is 35.6 Å². The molecule has 0 unspecified atom stereocenters. The number of nitrogens with one attached hydrogen (secondary N) is 1. The monoisotopic (exact) mass is 450 g/mol. The van der Waals surface area contributed by atoms with Crippen molar-refractivity contribution in [2.45, 2.75) is 23.8 Å². The van der Waals surface area contributed by atoms with Crippen LogP contribution in [0.25, 0.3) is 0 Å². The van der Waals surface area contributed by atoms with Crippen molar-refractivity contribution < 1.29 is 22.0 Å². The Hall–Kier alpha value is -2.76. The zero-order valence-corrected chi connectivity index (χ0v) is 17.1. The van der Waals surface area contributed by atoms with Crippen LogP contribution in [-0.4, -0.2) is 35.4 Å². The zero-order valence-electron chi connectivity index (χ0n) is 15.5. The second kappa shape index (κ2) is 8.17. The maximum absolute atomic E-state index is 14.1. The molecule has 1 fully saturated rings. The first-order valence-corrected chi connectivity index (χ1v) is 11.3. The van der Waals surface area contributed by atoms with Gasteiger partial charge in [0.05, 0.1) is 11.7 Å². The van der Waals surface area contributed by atoms with E-state index in [0.29, 0.717) is 17.8 Å². The lowest BCUT2D eigenvalue weighted by atomic mass is 10.2. The lowest BCUT2D eigenvalue weighted by Gasteiger charge is -2.22. The van der Waals surface area contributed by atoms with Crippen LogP contribution in [0.1, 0.15) is 33.7 Å². The Morgan fingerprint density at radius 1 is 1.07 bits per heavy atom. The molecule has 4 rings (SSSR count). The fraction of sp³-hybridized carbons (Fsp3) is 0.211. The fourth-order valence-electron chi connectivity index (χ4n) is 3.25. The van der Waals surface area contributed by atoms with Crippen molar-refractivity contribution in [1.82, 2.24) is 14.5 Å². The quantitative estimate of drug-likeness (QED) is 0.641. The molecule has 1 saturated heterocycles. The molecule has 0 saturated carbocycles. The van der Waals surface area contributed by atoms with Crippen molar-refractivity contribution in [3.05, 3.63) is 70.2 Å². The number of sulfonamides is 1. The molecular weight excluding hydrogens is 434 g/mol. The highest BCUT2D eigenvalue weighted by atomic mass is 32.2. The molecule has 2 aromatic carbocycles. The van der Waals surface area contributed by atoms with E-state index in [4.69, 9.17) is 0 Å². The Morgan fingerprint density at radius 2 is 1.77 bits per heavy atom. The smallest absolute Gasteiger partial charge is 0.286 e. The third kappa shape index (κ3) is 3.83. The van der Waals surface area contributed by atoms with Crippen LogP contribution in [-0.2, 0) is 10.0 Å². The van der Waals surface area contributed by atoms with Gasteiger partial charge in [-0.3, -0.25) is 4.79 Å². The van der Waals surface area contributed by atoms with Gasteiger partial charge < -0.3 is 5.32 Å². The number of carbonyl (C=O) groups excluding carboxylic acids is 1. The number of rotatable bonds is 5. The maximum Gasteiger partial charge on any atom is 0.286 e. The standard InChI is InChI=1S/C19H16F2N4O3S2/c20-12-6-1-3-8-14(12)22-17(26)19-24-23-18(29-19)15-9-5-11-25(15)30(27,28)16-10-4-2-7-13(16)21/h1-4,6-8,10,15H,5,9,11H2,(H,22,26)/t15-/m0/s1. The molecule has 7 nitrogen and oxygen atoms in total. The van der Waals surface area contributed by atoms with Crippen LogP contribution in [0.15, 0.2) is 53.4 Å². The SMILES string of the molecule is O=C(Nc1ccccc1F)c1nnc([C@@H]2CCCN2S(=O)(=O)c2ccccc2F)s1. The maximum atomic E-state index is 14.1. The predicted octanol–water partition coefficient (Wildman–Crippen LogP) is 3.59. The van der Waals surface area contributed by atoms with E-state index in [2.05, 4.69) is 15.5 Å². The van der Waals surface area contributed by atoms with Crippen molar-refractivity contribution in [3.63, 3.8) is 0 Å². The first kappa shape index (κ1) is 20.5. The third-order valence-electron chi connectivity index (χ3n) is 4.67. The van der Waals surface area contributed by atoms with Crippen LogP contribution >= 0.6 is 11.3 Å². The number of amides is 1. The molecule has 0 bridgehead atoms. The zero-order chi connectivity index (χ0) is 21.3. The molecule has 1 aliphatic heterocycles. The van der Waals surface area contributed by atoms with Gasteiger partial charge in [0.25, 0.3) is 5.91 Å². The Morgan fingerprint density at radius 3 is 2.50 bits per heavy atom. The molecule has 30 heavy (non-hydrogen) atoms. The van der Waals surface area contributed by atoms with Crippen molar-refractivity contribution in [2.75, 3.05) is 11.9 Å². The summed E-state index contributed by atoms with van der Waals surface area (Å²) in [6, 6.07) is 10.2. The van der Waals surface area contributed by atoms with Crippen LogP contribution in [0.4, 0.5) is 14.5 Å². The number of aromatic nitrogens is 2. The molecule has 1 atom stereocenters. The fourth-order valence-corrected chi connectivity index (χ4v) is 5.93. The number of carbonyl (C=O) groups is 1. The van der Waals surface area contributed by atoms with Gasteiger partial charge in [-0.2, -0.15) is 4.31 Å². The van der Waals surface area contributed by atoms with E-state index in [0.717, 1.165) is 17.4 Å². The van der Waals surface area contributed by atoms with Gasteiger partial charge in [-0.25, -0.2) is 17.2 Å². The van der Waals surface area contributed by atoms with Crippen LogP contribution in [0, 0.1) is 11.6 Å². The first-order chi connectivity index (χ1) is 14.4. The molecule has 1 N–H and O–H groups in total. The molecule has 1 aliphatic rings. The van der Waals surface area contributed by atoms with Gasteiger partial charge in [0, 0.05) is 6.54 Å². The van der Waals surface area contributed by atoms with E-state index in [1.54, 1.807) is 6.07 Å². The minimum atomic E-state index is -4.08. The summed E-state index contributed by atoms with van der Waals surface area (Å²) in [5.41, 5.74) is 0.00359. The van der Waals surface area contributed by atoms with E-state index >= 15 is 0 Å². The molecule has 0 spiro atoms. The van der Waals surface area contributed by atoms with Gasteiger partial charge in [-0.15, -0.1) is 10.2 Å². The molecule has 0 aliphatic carbocycles. The van der Waals surface area contributed by atoms with Crippen molar-refractivity contribution in [3.8, 4) is 0 Å². The van der Waals surface area contributed by atoms with Crippen LogP contribution in [0.5, 0.6) is 0 Å². The normalized spacial score (nSPS) is 17.2. The first-order valence-electron chi connectivity index (χ1n) is 9.03. The number of halogens is 2. The van der Waals surface area contributed by atoms with E-state index in [-0.39, 0.29) is 17.2 Å². The molecule has 3 aromatic rings. The van der Waals surface area contributed by atoms with Crippen LogP contribution < -0.4 is 5.32 Å². The van der Waals surface area contributed by atoms with Crippen molar-refractivity contribution in [1.29, 1.82) is 0 Å². The molecule has 1 aromatic heterocycles. The van der Waals surface area contributed by atoms with E-state index in [1.165, 1.54) is 40.7 Å². The van der Waals surface area contributed by atoms with E-state index in [9.17, 15) is 22.0 Å². The van der Waals surface area contributed by atoms with Gasteiger partial charge >= 0.3 is 0 Å². The summed E-state index contributed by atoms with van der Waals surface area (Å²) in [5.74, 6) is -2.07. The summed E-state index contributed by atoms with van der Waals surface area (Å²) in [5, 5.41) is 10.5. The number of para-hydroxylation sites is 1. The highest BCUT2D eigenvalue weighted by molar-refractivity contribution is 7.89. The van der Waals surface area contributed by atoms with E-state index in [1.807, 2.05) is 0 Å². The lowest BCUT2D eigenvalue weighted by molar-refractivity contribution is 0.102. The minimum Gasteiger partial charge on any atom is -0.317 e. The highest BCUT2D eigenvalue weighted by Gasteiger charge is 2.39. The number of hydrogen-bond acceptors (Lipinski definition) is 6. The molecule has 11 heteroatoms. The second-order valence-electron chi connectivity index (χ2n) is 6.58. The Kier molecular flexibility index (Phi) is 5.58. The second-order valence-corrected chi connectivity index (χ2v) is 9.45. The molecule has 0 radical (unpaired) electrons. The van der Waals surface area contributed by atoms with Crippen molar-refractivity contribution >= 4 is 33.0 Å². The number of hydrogen-bond donors (Lipinski definition) is 1. The summed E-state index contributed by atoms with van der Waals surface area (Å²) in [6.45, 7) is 0.206. The van der Waals surface area contributed by atoms with Gasteiger partial charge in [0.15, 0.2) is 0 Å². The van der Waals surface area contributed by atoms with Crippen molar-refractivity contribution in [2.24, 2.45) is 0 Å². The molecular formula is C19H16F2N4O3S2. The molecule has 156 valence electrons. The number of benzene rings is 2. The van der Waals surface area contributed by atoms with Gasteiger partial charge in [0.1, 0.15) is 21.5 Å². The number of nitrogens with zero attached hydrogens (tertiary/aromatic N) is 3. The molecule has 1 amide bonds. The topological polar surface area (TPSA) is 92.3 Å². The summed E-state index contributed by atoms with van der Waals surface area (Å²) >= 11 is 0.926. The van der Waals surface area contributed by atoms with E-state index < -0.39 is 38.5 Å². The largest absolute Gasteiger partial charge is 0.317 e. The average Bonchev–Trinajstić information content (AvgIpc) is 3.39. The van der Waals surface area contributed by atoms with Gasteiger partial charge in [0.2, 0.25) is 15.0 Å². The third-order valence-corrected chi connectivity index (χ3v) is 7.63. The average molecular weight is 450 g/mol. The van der Waals surface area contributed by atoms with Crippen LogP contribution in [0.2, 0.25) is 0 Å². The minimum absolute atomic E-state index is 0.00359. The van der Waals surface area contributed by atoms with Gasteiger partial charge in [-0.05, 0) is 37.1 Å². The van der Waals surface area contributed by atoms with Crippen LogP contribution in [0.3, 0.4) is 0 Å². The summed E-state index contributed by atoms with van der Waals surface area (Å²) in [4.78, 5) is 12.0. The Balaban J connectivity index is 1.57. The summed E-state index contributed by atoms with van der Waals surface area (Å²) in [7, 11) is -4.08. The predicted molar refractivity (Wildman–Crippen MR) is 107 cm³/mol. The number of anilines is 1.